The van der Waals surface area contributed by atoms with E-state index in [4.69, 9.17) is 9.15 Å². The predicted octanol–water partition coefficient (Wildman–Crippen LogP) is 3.20. The van der Waals surface area contributed by atoms with Crippen molar-refractivity contribution >= 4 is 28.8 Å². The van der Waals surface area contributed by atoms with Crippen LogP contribution in [-0.4, -0.2) is 37.5 Å². The van der Waals surface area contributed by atoms with E-state index in [9.17, 15) is 4.79 Å². The molecule has 1 aliphatic heterocycles. The number of anilines is 2. The van der Waals surface area contributed by atoms with Gasteiger partial charge < -0.3 is 14.5 Å². The Morgan fingerprint density at radius 2 is 1.73 bits per heavy atom. The van der Waals surface area contributed by atoms with E-state index in [0.717, 1.165) is 5.69 Å². The molecule has 0 spiro atoms. The van der Waals surface area contributed by atoms with E-state index >= 15 is 0 Å². The molecule has 1 aliphatic rings. The van der Waals surface area contributed by atoms with E-state index in [-0.39, 0.29) is 5.43 Å². The van der Waals surface area contributed by atoms with Gasteiger partial charge in [-0.1, -0.05) is 30.3 Å². The minimum atomic E-state index is -0.109. The summed E-state index contributed by atoms with van der Waals surface area (Å²) in [5.74, 6) is 0.386. The largest absolute Gasteiger partial charge is 0.439 e. The van der Waals surface area contributed by atoms with Gasteiger partial charge in [-0.25, -0.2) is 0 Å². The minimum Gasteiger partial charge on any atom is -0.439 e. The Balaban J connectivity index is 1.77. The lowest BCUT2D eigenvalue weighted by molar-refractivity contribution is 0.0397. The van der Waals surface area contributed by atoms with Gasteiger partial charge in [-0.2, -0.15) is 5.10 Å². The molecule has 1 saturated heterocycles. The summed E-state index contributed by atoms with van der Waals surface area (Å²) in [6.07, 6.45) is 1.58. The Morgan fingerprint density at radius 1 is 1.00 bits per heavy atom. The molecule has 6 heteroatoms. The third-order valence-electron chi connectivity index (χ3n) is 4.20. The number of nitrogens with one attached hydrogen (secondary N) is 1. The third-order valence-corrected chi connectivity index (χ3v) is 4.20. The molecule has 6 nitrogen and oxygen atoms in total. The number of para-hydroxylation sites is 2. The topological polar surface area (TPSA) is 67.1 Å². The molecule has 4 rings (SSSR count). The van der Waals surface area contributed by atoms with Crippen LogP contribution in [0.15, 0.2) is 68.9 Å². The third kappa shape index (κ3) is 3.45. The first-order chi connectivity index (χ1) is 12.8. The van der Waals surface area contributed by atoms with Crippen molar-refractivity contribution in [2.24, 2.45) is 5.10 Å². The molecule has 3 aromatic rings. The van der Waals surface area contributed by atoms with Gasteiger partial charge in [-0.15, -0.1) is 0 Å². The van der Waals surface area contributed by atoms with Gasteiger partial charge in [-0.05, 0) is 24.3 Å². The Morgan fingerprint density at radius 3 is 2.54 bits per heavy atom. The van der Waals surface area contributed by atoms with E-state index in [0.29, 0.717) is 48.7 Å². The van der Waals surface area contributed by atoms with Crippen LogP contribution in [0.1, 0.15) is 5.56 Å². The van der Waals surface area contributed by atoms with E-state index in [2.05, 4.69) is 10.4 Å². The number of morpholine rings is 1. The van der Waals surface area contributed by atoms with Crippen LogP contribution in [0, 0.1) is 0 Å². The van der Waals surface area contributed by atoms with Crippen LogP contribution >= 0.6 is 0 Å². The average molecular weight is 349 g/mol. The van der Waals surface area contributed by atoms with Gasteiger partial charge in [0.1, 0.15) is 11.1 Å². The molecule has 0 unspecified atom stereocenters. The zero-order valence-corrected chi connectivity index (χ0v) is 14.2. The van der Waals surface area contributed by atoms with Crippen molar-refractivity contribution in [3.63, 3.8) is 0 Å². The average Bonchev–Trinajstić information content (AvgIpc) is 2.69. The zero-order valence-electron chi connectivity index (χ0n) is 14.2. The van der Waals surface area contributed by atoms with E-state index < -0.39 is 0 Å². The molecule has 0 atom stereocenters. The number of benzene rings is 2. The van der Waals surface area contributed by atoms with Crippen LogP contribution < -0.4 is 10.7 Å². The first kappa shape index (κ1) is 16.4. The first-order valence-electron chi connectivity index (χ1n) is 8.56. The normalized spacial score (nSPS) is 14.8. The van der Waals surface area contributed by atoms with Gasteiger partial charge in [0.2, 0.25) is 11.3 Å². The van der Waals surface area contributed by atoms with Crippen LogP contribution in [-0.2, 0) is 4.74 Å². The molecule has 132 valence electrons. The number of ether oxygens (including phenoxy) is 1. The smallest absolute Gasteiger partial charge is 0.210 e. The summed E-state index contributed by atoms with van der Waals surface area (Å²) < 4.78 is 11.3. The van der Waals surface area contributed by atoms with Crippen molar-refractivity contribution in [1.82, 2.24) is 5.01 Å². The number of fused-ring (bicyclic) bond motifs is 1. The molecule has 0 amide bonds. The summed E-state index contributed by atoms with van der Waals surface area (Å²) in [6, 6.07) is 16.8. The summed E-state index contributed by atoms with van der Waals surface area (Å²) in [5.41, 5.74) is 1.67. The summed E-state index contributed by atoms with van der Waals surface area (Å²) in [4.78, 5) is 13.0. The standard InChI is InChI=1S/C20H19N3O3/c24-19-16-8-4-5-9-18(16)26-20(22-15-6-2-1-3-7-15)17(19)14-21-23-10-12-25-13-11-23/h1-9,14,22H,10-13H2. The number of hydrogen-bond acceptors (Lipinski definition) is 6. The van der Waals surface area contributed by atoms with Gasteiger partial charge in [0.05, 0.1) is 37.9 Å². The quantitative estimate of drug-likeness (QED) is 0.733. The maximum atomic E-state index is 13.0. The fraction of sp³-hybridized carbons (Fsp3) is 0.200. The molecule has 1 aromatic heterocycles. The highest BCUT2D eigenvalue weighted by atomic mass is 16.5. The summed E-state index contributed by atoms with van der Waals surface area (Å²) in [6.45, 7) is 2.69. The zero-order chi connectivity index (χ0) is 17.8. The van der Waals surface area contributed by atoms with Crippen molar-refractivity contribution in [1.29, 1.82) is 0 Å². The molecule has 1 fully saturated rings. The second kappa shape index (κ2) is 7.41. The predicted molar refractivity (Wildman–Crippen MR) is 102 cm³/mol. The lowest BCUT2D eigenvalue weighted by Crippen LogP contribution is -2.32. The number of nitrogens with zero attached hydrogens (tertiary/aromatic N) is 2. The van der Waals surface area contributed by atoms with Gasteiger partial charge in [0.25, 0.3) is 0 Å². The van der Waals surface area contributed by atoms with Crippen LogP contribution in [0.5, 0.6) is 0 Å². The molecule has 2 heterocycles. The lowest BCUT2D eigenvalue weighted by atomic mass is 10.1. The van der Waals surface area contributed by atoms with Crippen molar-refractivity contribution in [2.45, 2.75) is 0 Å². The van der Waals surface area contributed by atoms with E-state index in [1.54, 1.807) is 18.3 Å². The molecule has 0 saturated carbocycles. The molecule has 0 bridgehead atoms. The maximum Gasteiger partial charge on any atom is 0.210 e. The van der Waals surface area contributed by atoms with Gasteiger partial charge in [0.15, 0.2) is 0 Å². The Labute approximate surface area is 150 Å². The highest BCUT2D eigenvalue weighted by molar-refractivity contribution is 5.92. The number of hydrazone groups is 1. The summed E-state index contributed by atoms with van der Waals surface area (Å²) >= 11 is 0. The van der Waals surface area contributed by atoms with Crippen molar-refractivity contribution in [3.05, 3.63) is 70.4 Å². The SMILES string of the molecule is O=c1c(C=NN2CCOCC2)c(Nc2ccccc2)oc2ccccc12. The lowest BCUT2D eigenvalue weighted by Gasteiger charge is -2.23. The maximum absolute atomic E-state index is 13.0. The van der Waals surface area contributed by atoms with E-state index in [1.165, 1.54) is 0 Å². The number of rotatable bonds is 4. The van der Waals surface area contributed by atoms with Crippen molar-refractivity contribution in [2.75, 3.05) is 31.6 Å². The van der Waals surface area contributed by atoms with Gasteiger partial charge >= 0.3 is 0 Å². The Kier molecular flexibility index (Phi) is 4.66. The molecule has 0 radical (unpaired) electrons. The van der Waals surface area contributed by atoms with Crippen LogP contribution in [0.4, 0.5) is 11.6 Å². The van der Waals surface area contributed by atoms with Crippen LogP contribution in [0.3, 0.4) is 0 Å². The minimum absolute atomic E-state index is 0.109. The molecule has 0 aliphatic carbocycles. The highest BCUT2D eigenvalue weighted by Crippen LogP contribution is 2.22. The van der Waals surface area contributed by atoms with Crippen molar-refractivity contribution in [3.8, 4) is 0 Å². The van der Waals surface area contributed by atoms with Crippen molar-refractivity contribution < 1.29 is 9.15 Å². The second-order valence-electron chi connectivity index (χ2n) is 5.97. The fourth-order valence-corrected chi connectivity index (χ4v) is 2.83. The molecular weight excluding hydrogens is 330 g/mol. The second-order valence-corrected chi connectivity index (χ2v) is 5.97. The van der Waals surface area contributed by atoms with Crippen LogP contribution in [0.25, 0.3) is 11.0 Å². The van der Waals surface area contributed by atoms with Gasteiger partial charge in [-0.3, -0.25) is 9.80 Å². The molecule has 1 N–H and O–H groups in total. The Bertz CT molecular complexity index is 977. The Hall–Kier alpha value is -3.12. The van der Waals surface area contributed by atoms with Crippen LogP contribution in [0.2, 0.25) is 0 Å². The van der Waals surface area contributed by atoms with E-state index in [1.807, 2.05) is 47.5 Å². The molecular formula is C20H19N3O3. The number of hydrogen-bond donors (Lipinski definition) is 1. The molecule has 2 aromatic carbocycles. The fourth-order valence-electron chi connectivity index (χ4n) is 2.83. The highest BCUT2D eigenvalue weighted by Gasteiger charge is 2.14. The van der Waals surface area contributed by atoms with Gasteiger partial charge in [0, 0.05) is 5.69 Å². The summed E-state index contributed by atoms with van der Waals surface area (Å²) in [7, 11) is 0. The molecule has 26 heavy (non-hydrogen) atoms. The first-order valence-corrected chi connectivity index (χ1v) is 8.56. The summed E-state index contributed by atoms with van der Waals surface area (Å²) in [5, 5.41) is 10.1. The monoisotopic (exact) mass is 349 g/mol.